The number of rotatable bonds is 5. The Labute approximate surface area is 191 Å². The van der Waals surface area contributed by atoms with Crippen LogP contribution in [0, 0.1) is 5.92 Å². The molecule has 0 saturated carbocycles. The topological polar surface area (TPSA) is 74.3 Å². The zero-order chi connectivity index (χ0) is 22.8. The van der Waals surface area contributed by atoms with Crippen LogP contribution in [0.2, 0.25) is 0 Å². The second kappa shape index (κ2) is 12.3. The number of nitrogens with zero attached hydrogens (tertiary/aromatic N) is 2. The van der Waals surface area contributed by atoms with E-state index in [-0.39, 0.29) is 17.7 Å². The predicted molar refractivity (Wildman–Crippen MR) is 129 cm³/mol. The molecule has 0 radical (unpaired) electrons. The molecule has 2 amide bonds. The number of amides is 2. The molecule has 2 N–H and O–H groups in total. The summed E-state index contributed by atoms with van der Waals surface area (Å²) < 4.78 is 0. The first-order chi connectivity index (χ1) is 15.6. The zero-order valence-electron chi connectivity index (χ0n) is 19.4. The molecular weight excluding hydrogens is 400 g/mol. The Hall–Kier alpha value is -2.73. The molecule has 0 fully saturated rings. The van der Waals surface area contributed by atoms with E-state index in [1.54, 1.807) is 6.20 Å². The highest BCUT2D eigenvalue weighted by Gasteiger charge is 2.22. The molecule has 32 heavy (non-hydrogen) atoms. The molecule has 0 unspecified atom stereocenters. The molecule has 3 rings (SSSR count). The molecule has 1 aliphatic rings. The molecule has 0 spiro atoms. The van der Waals surface area contributed by atoms with Crippen LogP contribution in [0.1, 0.15) is 67.6 Å². The van der Waals surface area contributed by atoms with Crippen molar-refractivity contribution in [3.63, 3.8) is 0 Å². The van der Waals surface area contributed by atoms with Crippen molar-refractivity contribution in [2.45, 2.75) is 58.9 Å². The Morgan fingerprint density at radius 3 is 2.69 bits per heavy atom. The van der Waals surface area contributed by atoms with Gasteiger partial charge in [-0.25, -0.2) is 0 Å². The van der Waals surface area contributed by atoms with Gasteiger partial charge in [-0.15, -0.1) is 0 Å². The number of carbonyl (C=O) groups excluding carboxylic acids is 2. The number of carbonyl (C=O) groups is 2. The third-order valence-electron chi connectivity index (χ3n) is 5.84. The van der Waals surface area contributed by atoms with Gasteiger partial charge in [-0.05, 0) is 55.3 Å². The first-order valence-corrected chi connectivity index (χ1v) is 11.9. The van der Waals surface area contributed by atoms with E-state index in [2.05, 4.69) is 15.6 Å². The van der Waals surface area contributed by atoms with Crippen molar-refractivity contribution in [2.75, 3.05) is 24.5 Å². The van der Waals surface area contributed by atoms with Crippen molar-refractivity contribution in [2.24, 2.45) is 5.92 Å². The molecule has 0 atom stereocenters. The number of benzene rings is 1. The minimum Gasteiger partial charge on any atom is -0.352 e. The molecule has 1 aliphatic heterocycles. The lowest BCUT2D eigenvalue weighted by molar-refractivity contribution is -0.121. The number of pyridine rings is 1. The van der Waals surface area contributed by atoms with Crippen LogP contribution in [0.5, 0.6) is 0 Å². The summed E-state index contributed by atoms with van der Waals surface area (Å²) in [5.41, 5.74) is 3.49. The highest BCUT2D eigenvalue weighted by atomic mass is 16.2. The third kappa shape index (κ3) is 6.89. The van der Waals surface area contributed by atoms with Crippen molar-refractivity contribution in [1.29, 1.82) is 0 Å². The van der Waals surface area contributed by atoms with Gasteiger partial charge in [0.2, 0.25) is 5.91 Å². The lowest BCUT2D eigenvalue weighted by Gasteiger charge is -2.28. The zero-order valence-corrected chi connectivity index (χ0v) is 19.4. The minimum absolute atomic E-state index is 0.0710. The molecule has 2 aromatic rings. The minimum atomic E-state index is -0.100. The van der Waals surface area contributed by atoms with Gasteiger partial charge >= 0.3 is 0 Å². The van der Waals surface area contributed by atoms with E-state index < -0.39 is 0 Å². The molecule has 0 aliphatic carbocycles. The third-order valence-corrected chi connectivity index (χ3v) is 5.84. The number of fused-ring (bicyclic) bond motifs is 1. The standard InChI is InChI=1S/C26H36N4O2/c1-20(2)26(32)30-17-9-5-3-4-7-14-27-19-22-18-21(11-12-24(22)30)25(31)29-16-13-23-10-6-8-15-28-23/h6,8,10-12,15,18,20,27H,3-5,7,9,13-14,16-17,19H2,1-2H3,(H,29,31). The lowest BCUT2D eigenvalue weighted by Crippen LogP contribution is -2.36. The van der Waals surface area contributed by atoms with Crippen LogP contribution >= 0.6 is 0 Å². The van der Waals surface area contributed by atoms with Gasteiger partial charge in [-0.2, -0.15) is 0 Å². The summed E-state index contributed by atoms with van der Waals surface area (Å²) in [6.07, 6.45) is 8.15. The fraction of sp³-hybridized carbons (Fsp3) is 0.500. The van der Waals surface area contributed by atoms with Crippen LogP contribution in [0.15, 0.2) is 42.6 Å². The Bertz CT molecular complexity index is 883. The molecule has 2 heterocycles. The van der Waals surface area contributed by atoms with Crippen LogP contribution in [-0.2, 0) is 17.8 Å². The van der Waals surface area contributed by atoms with Crippen molar-refractivity contribution in [1.82, 2.24) is 15.6 Å². The van der Waals surface area contributed by atoms with Crippen molar-refractivity contribution in [3.05, 3.63) is 59.4 Å². The average Bonchev–Trinajstić information content (AvgIpc) is 2.79. The summed E-state index contributed by atoms with van der Waals surface area (Å²) in [5, 5.41) is 6.50. The van der Waals surface area contributed by atoms with Crippen LogP contribution < -0.4 is 15.5 Å². The van der Waals surface area contributed by atoms with E-state index in [9.17, 15) is 9.59 Å². The first kappa shape index (κ1) is 23.9. The molecule has 1 aromatic carbocycles. The van der Waals surface area contributed by atoms with Gasteiger partial charge in [0.1, 0.15) is 0 Å². The van der Waals surface area contributed by atoms with Crippen molar-refractivity contribution >= 4 is 17.5 Å². The molecule has 0 bridgehead atoms. The summed E-state index contributed by atoms with van der Waals surface area (Å²) in [4.78, 5) is 32.0. The molecule has 172 valence electrons. The van der Waals surface area contributed by atoms with Gasteiger partial charge in [0.25, 0.3) is 5.91 Å². The second-order valence-corrected chi connectivity index (χ2v) is 8.76. The lowest BCUT2D eigenvalue weighted by atomic mass is 10.0. The molecule has 6 heteroatoms. The summed E-state index contributed by atoms with van der Waals surface area (Å²) in [6.45, 7) is 6.73. The summed E-state index contributed by atoms with van der Waals surface area (Å²) in [7, 11) is 0. The van der Waals surface area contributed by atoms with Gasteiger partial charge in [-0.1, -0.05) is 39.2 Å². The Balaban J connectivity index is 1.77. The number of hydrogen-bond donors (Lipinski definition) is 2. The average molecular weight is 437 g/mol. The maximum absolute atomic E-state index is 13.0. The highest BCUT2D eigenvalue weighted by Crippen LogP contribution is 2.25. The Morgan fingerprint density at radius 1 is 1.09 bits per heavy atom. The van der Waals surface area contributed by atoms with Gasteiger partial charge < -0.3 is 15.5 Å². The Morgan fingerprint density at radius 2 is 1.91 bits per heavy atom. The summed E-state index contributed by atoms with van der Waals surface area (Å²) in [5.74, 6) is -0.0364. The molecule has 1 aromatic heterocycles. The number of nitrogens with one attached hydrogen (secondary N) is 2. The fourth-order valence-corrected chi connectivity index (χ4v) is 4.02. The van der Waals surface area contributed by atoms with Crippen LogP contribution in [0.4, 0.5) is 5.69 Å². The predicted octanol–water partition coefficient (Wildman–Crippen LogP) is 4.10. The van der Waals surface area contributed by atoms with Crippen LogP contribution in [-0.4, -0.2) is 36.4 Å². The van der Waals surface area contributed by atoms with E-state index in [1.807, 2.05) is 55.1 Å². The van der Waals surface area contributed by atoms with Gasteiger partial charge in [-0.3, -0.25) is 14.6 Å². The molecule has 6 nitrogen and oxygen atoms in total. The number of anilines is 1. The van der Waals surface area contributed by atoms with E-state index in [0.717, 1.165) is 49.3 Å². The number of hydrogen-bond acceptors (Lipinski definition) is 4. The molecule has 0 saturated heterocycles. The largest absolute Gasteiger partial charge is 0.352 e. The van der Waals surface area contributed by atoms with E-state index in [0.29, 0.717) is 25.1 Å². The SMILES string of the molecule is CC(C)C(=O)N1CCCCCCCNCc2cc(C(=O)NCCc3ccccn3)ccc21. The summed E-state index contributed by atoms with van der Waals surface area (Å²) >= 11 is 0. The summed E-state index contributed by atoms with van der Waals surface area (Å²) in [6, 6.07) is 11.5. The molecular formula is C26H36N4O2. The Kier molecular flexibility index (Phi) is 9.23. The van der Waals surface area contributed by atoms with Crippen molar-refractivity contribution in [3.8, 4) is 0 Å². The van der Waals surface area contributed by atoms with Crippen LogP contribution in [0.25, 0.3) is 0 Å². The smallest absolute Gasteiger partial charge is 0.251 e. The number of aromatic nitrogens is 1. The normalized spacial score (nSPS) is 15.4. The maximum atomic E-state index is 13.0. The van der Waals surface area contributed by atoms with E-state index >= 15 is 0 Å². The van der Waals surface area contributed by atoms with E-state index in [1.165, 1.54) is 12.8 Å². The highest BCUT2D eigenvalue weighted by molar-refractivity contribution is 5.98. The van der Waals surface area contributed by atoms with Gasteiger partial charge in [0.15, 0.2) is 0 Å². The second-order valence-electron chi connectivity index (χ2n) is 8.76. The monoisotopic (exact) mass is 436 g/mol. The van der Waals surface area contributed by atoms with Gasteiger partial charge in [0, 0.05) is 55.1 Å². The first-order valence-electron chi connectivity index (χ1n) is 11.9. The van der Waals surface area contributed by atoms with Crippen LogP contribution in [0.3, 0.4) is 0 Å². The fourth-order valence-electron chi connectivity index (χ4n) is 4.02. The van der Waals surface area contributed by atoms with Crippen molar-refractivity contribution < 1.29 is 9.59 Å². The quantitative estimate of drug-likeness (QED) is 0.740. The maximum Gasteiger partial charge on any atom is 0.251 e. The van der Waals surface area contributed by atoms with Gasteiger partial charge in [0.05, 0.1) is 0 Å². The van der Waals surface area contributed by atoms with E-state index in [4.69, 9.17) is 0 Å².